The van der Waals surface area contributed by atoms with E-state index in [1.54, 1.807) is 22.2 Å². The molecule has 0 bridgehead atoms. The van der Waals surface area contributed by atoms with Crippen LogP contribution >= 0.6 is 34.4 Å². The van der Waals surface area contributed by atoms with Crippen molar-refractivity contribution < 1.29 is 0 Å². The molecule has 0 unspecified atom stereocenters. The normalized spacial score (nSPS) is 11.7. The molecule has 4 aromatic rings. The Morgan fingerprint density at radius 2 is 2.08 bits per heavy atom. The molecule has 0 atom stereocenters. The second-order valence-electron chi connectivity index (χ2n) is 6.21. The van der Waals surface area contributed by atoms with E-state index in [1.165, 1.54) is 22.7 Å². The number of thioether (sulfide) groups is 1. The molecule has 3 heterocycles. The molecule has 0 spiro atoms. The Balaban J connectivity index is 1.53. The van der Waals surface area contributed by atoms with Crippen molar-refractivity contribution in [2.45, 2.75) is 23.9 Å². The number of hydrogen-bond acceptors (Lipinski definition) is 8. The molecule has 0 fully saturated rings. The van der Waals surface area contributed by atoms with E-state index in [0.717, 1.165) is 36.9 Å². The number of nitrogens with zero attached hydrogens (tertiary/aromatic N) is 4. The Bertz CT molecular complexity index is 1110. The van der Waals surface area contributed by atoms with Crippen LogP contribution in [0.3, 0.4) is 0 Å². The highest BCUT2D eigenvalue weighted by Gasteiger charge is 2.11. The zero-order valence-electron chi connectivity index (χ0n) is 14.3. The van der Waals surface area contributed by atoms with Gasteiger partial charge < -0.3 is 5.32 Å². The monoisotopic (exact) mass is 403 g/mol. The number of anilines is 1. The van der Waals surface area contributed by atoms with E-state index in [-0.39, 0.29) is 5.56 Å². The van der Waals surface area contributed by atoms with Gasteiger partial charge in [-0.1, -0.05) is 60.4 Å². The summed E-state index contributed by atoms with van der Waals surface area (Å²) in [5.74, 6) is 1.15. The standard InChI is InChI=1S/C17H17N5OS3/c1-10(2)8-18-15-20-21-17(26-15)24-9-11-7-14(23)22-12-5-3-4-6-13(12)25-16(22)19-11/h3-7,10H,8-9H2,1-2H3,(H,18,20). The van der Waals surface area contributed by atoms with Gasteiger partial charge in [-0.15, -0.1) is 10.2 Å². The molecule has 1 N–H and O–H groups in total. The molecule has 0 amide bonds. The third-order valence-corrected chi connectivity index (χ3v) is 6.73. The van der Waals surface area contributed by atoms with Crippen LogP contribution in [0.2, 0.25) is 0 Å². The highest BCUT2D eigenvalue weighted by Crippen LogP contribution is 2.29. The Labute approximate surface area is 162 Å². The summed E-state index contributed by atoms with van der Waals surface area (Å²) in [6.07, 6.45) is 0. The van der Waals surface area contributed by atoms with Crippen LogP contribution in [0.1, 0.15) is 19.5 Å². The van der Waals surface area contributed by atoms with Crippen molar-refractivity contribution in [1.82, 2.24) is 19.6 Å². The molecule has 0 aliphatic carbocycles. The Kier molecular flexibility index (Phi) is 4.92. The van der Waals surface area contributed by atoms with Crippen LogP contribution in [-0.2, 0) is 5.75 Å². The van der Waals surface area contributed by atoms with E-state index in [9.17, 15) is 4.79 Å². The molecular weight excluding hydrogens is 386 g/mol. The van der Waals surface area contributed by atoms with Gasteiger partial charge >= 0.3 is 0 Å². The van der Waals surface area contributed by atoms with E-state index >= 15 is 0 Å². The highest BCUT2D eigenvalue weighted by atomic mass is 32.2. The van der Waals surface area contributed by atoms with Crippen LogP contribution < -0.4 is 10.9 Å². The van der Waals surface area contributed by atoms with Crippen molar-refractivity contribution in [3.8, 4) is 0 Å². The van der Waals surface area contributed by atoms with E-state index in [1.807, 2.05) is 24.3 Å². The molecule has 6 nitrogen and oxygen atoms in total. The smallest absolute Gasteiger partial charge is 0.259 e. The molecule has 0 aliphatic heterocycles. The van der Waals surface area contributed by atoms with Gasteiger partial charge in [-0.3, -0.25) is 9.20 Å². The zero-order chi connectivity index (χ0) is 18.1. The average molecular weight is 404 g/mol. The Morgan fingerprint density at radius 3 is 2.92 bits per heavy atom. The summed E-state index contributed by atoms with van der Waals surface area (Å²) >= 11 is 4.61. The molecule has 0 radical (unpaired) electrons. The first kappa shape index (κ1) is 17.4. The van der Waals surface area contributed by atoms with Crippen molar-refractivity contribution in [2.75, 3.05) is 11.9 Å². The second kappa shape index (κ2) is 7.34. The van der Waals surface area contributed by atoms with Crippen LogP contribution in [-0.4, -0.2) is 26.1 Å². The van der Waals surface area contributed by atoms with Crippen LogP contribution in [0, 0.1) is 5.92 Å². The van der Waals surface area contributed by atoms with E-state index in [4.69, 9.17) is 0 Å². The van der Waals surface area contributed by atoms with Crippen LogP contribution in [0.15, 0.2) is 39.5 Å². The largest absolute Gasteiger partial charge is 0.360 e. The lowest BCUT2D eigenvalue weighted by molar-refractivity contribution is 0.687. The summed E-state index contributed by atoms with van der Waals surface area (Å²) < 4.78 is 3.61. The third-order valence-electron chi connectivity index (χ3n) is 3.66. The van der Waals surface area contributed by atoms with Gasteiger partial charge in [-0.2, -0.15) is 0 Å². The minimum atomic E-state index is -0.0420. The minimum Gasteiger partial charge on any atom is -0.360 e. The molecule has 0 aliphatic rings. The summed E-state index contributed by atoms with van der Waals surface area (Å²) in [5.41, 5.74) is 1.63. The van der Waals surface area contributed by atoms with E-state index in [0.29, 0.717) is 11.7 Å². The molecule has 4 rings (SSSR count). The lowest BCUT2D eigenvalue weighted by atomic mass is 10.2. The lowest BCUT2D eigenvalue weighted by Crippen LogP contribution is -2.13. The Morgan fingerprint density at radius 1 is 1.23 bits per heavy atom. The predicted octanol–water partition coefficient (Wildman–Crippen LogP) is 4.12. The summed E-state index contributed by atoms with van der Waals surface area (Å²) in [4.78, 5) is 17.9. The quantitative estimate of drug-likeness (QED) is 0.488. The van der Waals surface area contributed by atoms with Crippen LogP contribution in [0.4, 0.5) is 5.13 Å². The van der Waals surface area contributed by atoms with Crippen molar-refractivity contribution in [3.05, 3.63) is 46.4 Å². The molecule has 9 heteroatoms. The maximum Gasteiger partial charge on any atom is 0.259 e. The number of rotatable bonds is 6. The SMILES string of the molecule is CC(C)CNc1nnc(SCc2cc(=O)n3c(n2)sc2ccccc23)s1. The summed E-state index contributed by atoms with van der Waals surface area (Å²) in [6, 6.07) is 9.47. The number of benzene rings is 1. The molecular formula is C17H17N5OS3. The van der Waals surface area contributed by atoms with Crippen LogP contribution in [0.5, 0.6) is 0 Å². The fourth-order valence-electron chi connectivity index (χ4n) is 2.46. The first-order chi connectivity index (χ1) is 12.6. The fraction of sp³-hybridized carbons (Fsp3) is 0.294. The molecule has 0 saturated carbocycles. The second-order valence-corrected chi connectivity index (χ2v) is 9.42. The van der Waals surface area contributed by atoms with Gasteiger partial charge in [0.15, 0.2) is 9.30 Å². The van der Waals surface area contributed by atoms with Crippen molar-refractivity contribution in [3.63, 3.8) is 0 Å². The third kappa shape index (κ3) is 3.60. The van der Waals surface area contributed by atoms with Gasteiger partial charge in [0, 0.05) is 18.4 Å². The van der Waals surface area contributed by atoms with Gasteiger partial charge in [-0.25, -0.2) is 4.98 Å². The van der Waals surface area contributed by atoms with Crippen molar-refractivity contribution >= 4 is 54.7 Å². The molecule has 1 aromatic carbocycles. The molecule has 134 valence electrons. The average Bonchev–Trinajstić information content (AvgIpc) is 3.22. The Hall–Kier alpha value is -1.97. The number of aromatic nitrogens is 4. The highest BCUT2D eigenvalue weighted by molar-refractivity contribution is 8.00. The number of fused-ring (bicyclic) bond motifs is 3. The van der Waals surface area contributed by atoms with Gasteiger partial charge in [0.2, 0.25) is 5.13 Å². The van der Waals surface area contributed by atoms with Crippen molar-refractivity contribution in [2.24, 2.45) is 5.92 Å². The van der Waals surface area contributed by atoms with Crippen LogP contribution in [0.25, 0.3) is 15.2 Å². The number of para-hydroxylation sites is 1. The van der Waals surface area contributed by atoms with E-state index in [2.05, 4.69) is 34.3 Å². The maximum absolute atomic E-state index is 12.5. The first-order valence-corrected chi connectivity index (χ1v) is 10.8. The summed E-state index contributed by atoms with van der Waals surface area (Å²) in [6.45, 7) is 5.18. The summed E-state index contributed by atoms with van der Waals surface area (Å²) in [7, 11) is 0. The van der Waals surface area contributed by atoms with Crippen molar-refractivity contribution in [1.29, 1.82) is 0 Å². The van der Waals surface area contributed by atoms with Gasteiger partial charge in [0.25, 0.3) is 5.56 Å². The van der Waals surface area contributed by atoms with E-state index < -0.39 is 0 Å². The topological polar surface area (TPSA) is 72.2 Å². The van der Waals surface area contributed by atoms with Gasteiger partial charge in [0.05, 0.1) is 15.9 Å². The molecule has 26 heavy (non-hydrogen) atoms. The number of hydrogen-bond donors (Lipinski definition) is 1. The molecule has 3 aromatic heterocycles. The zero-order valence-corrected chi connectivity index (χ0v) is 16.7. The van der Waals surface area contributed by atoms with Gasteiger partial charge in [0.1, 0.15) is 0 Å². The van der Waals surface area contributed by atoms with Gasteiger partial charge in [-0.05, 0) is 18.1 Å². The molecule has 0 saturated heterocycles. The fourth-order valence-corrected chi connectivity index (χ4v) is 5.16. The number of thiazole rings is 1. The maximum atomic E-state index is 12.5. The number of nitrogens with one attached hydrogen (secondary N) is 1. The lowest BCUT2D eigenvalue weighted by Gasteiger charge is -2.03. The predicted molar refractivity (Wildman–Crippen MR) is 110 cm³/mol. The summed E-state index contributed by atoms with van der Waals surface area (Å²) in [5, 5.41) is 12.4. The minimum absolute atomic E-state index is 0.0420. The first-order valence-electron chi connectivity index (χ1n) is 8.20.